The Morgan fingerprint density at radius 2 is 1.91 bits per heavy atom. The van der Waals surface area contributed by atoms with Crippen LogP contribution in [0, 0.1) is 0 Å². The van der Waals surface area contributed by atoms with Crippen molar-refractivity contribution in [1.82, 2.24) is 4.90 Å². The number of ether oxygens (including phenoxy) is 1. The summed E-state index contributed by atoms with van der Waals surface area (Å²) in [5, 5.41) is 0. The van der Waals surface area contributed by atoms with Crippen LogP contribution < -0.4 is 4.74 Å². The highest BCUT2D eigenvalue weighted by Gasteiger charge is 2.29. The number of halogens is 3. The molecule has 124 valence electrons. The Morgan fingerprint density at radius 1 is 1.23 bits per heavy atom. The summed E-state index contributed by atoms with van der Waals surface area (Å²) < 4.78 is 42.8. The number of likely N-dealkylation sites (tertiary alicyclic amines) is 1. The van der Waals surface area contributed by atoms with Crippen LogP contribution >= 0.6 is 0 Å². The molecule has 2 nitrogen and oxygen atoms in total. The Kier molecular flexibility index (Phi) is 5.73. The number of rotatable bonds is 5. The fourth-order valence-corrected chi connectivity index (χ4v) is 2.72. The van der Waals surface area contributed by atoms with E-state index < -0.39 is 12.6 Å². The fourth-order valence-electron chi connectivity index (χ4n) is 2.72. The number of benzene rings is 1. The molecule has 2 rings (SSSR count). The number of hydrogen-bond donors (Lipinski definition) is 0. The van der Waals surface area contributed by atoms with Gasteiger partial charge in [-0.15, -0.1) is 0 Å². The molecule has 0 bridgehead atoms. The van der Waals surface area contributed by atoms with Gasteiger partial charge in [0.05, 0.1) is 6.42 Å². The second-order valence-electron chi connectivity index (χ2n) is 6.27. The minimum absolute atomic E-state index is 0.0214. The van der Waals surface area contributed by atoms with Crippen LogP contribution in [0.5, 0.6) is 5.75 Å². The van der Waals surface area contributed by atoms with E-state index in [0.717, 1.165) is 25.1 Å². The SMILES string of the molecule is CC(C)c1ccc(OC2CCCN(CCC(F)(F)F)C2)cc1. The van der Waals surface area contributed by atoms with Gasteiger partial charge in [0.15, 0.2) is 0 Å². The molecule has 5 heteroatoms. The maximum absolute atomic E-state index is 12.3. The zero-order valence-electron chi connectivity index (χ0n) is 13.2. The van der Waals surface area contributed by atoms with Gasteiger partial charge >= 0.3 is 6.18 Å². The smallest absolute Gasteiger partial charge is 0.390 e. The van der Waals surface area contributed by atoms with Crippen LogP contribution in [-0.4, -0.2) is 36.8 Å². The summed E-state index contributed by atoms with van der Waals surface area (Å²) in [6.07, 6.45) is -3.07. The number of hydrogen-bond acceptors (Lipinski definition) is 2. The van der Waals surface area contributed by atoms with Crippen LogP contribution in [0.25, 0.3) is 0 Å². The average Bonchev–Trinajstić information content (AvgIpc) is 2.45. The van der Waals surface area contributed by atoms with E-state index in [-0.39, 0.29) is 12.6 Å². The quantitative estimate of drug-likeness (QED) is 0.787. The van der Waals surface area contributed by atoms with Gasteiger partial charge in [0, 0.05) is 13.1 Å². The summed E-state index contributed by atoms with van der Waals surface area (Å²) in [6.45, 7) is 5.63. The van der Waals surface area contributed by atoms with Crippen LogP contribution in [0.4, 0.5) is 13.2 Å². The van der Waals surface area contributed by atoms with Gasteiger partial charge < -0.3 is 4.74 Å². The first kappa shape index (κ1) is 17.1. The number of alkyl halides is 3. The Morgan fingerprint density at radius 3 is 2.50 bits per heavy atom. The zero-order valence-corrected chi connectivity index (χ0v) is 13.2. The van der Waals surface area contributed by atoms with E-state index in [1.807, 2.05) is 29.2 Å². The zero-order chi connectivity index (χ0) is 16.2. The van der Waals surface area contributed by atoms with Gasteiger partial charge in [-0.05, 0) is 43.0 Å². The standard InChI is InChI=1S/C17H24F3NO/c1-13(2)14-5-7-15(8-6-14)22-16-4-3-10-21(12-16)11-9-17(18,19)20/h5-8,13,16H,3-4,9-12H2,1-2H3. The van der Waals surface area contributed by atoms with Crippen LogP contribution in [0.15, 0.2) is 24.3 Å². The molecule has 1 aliphatic rings. The molecule has 1 fully saturated rings. The van der Waals surface area contributed by atoms with Gasteiger partial charge in [-0.3, -0.25) is 4.90 Å². The summed E-state index contributed by atoms with van der Waals surface area (Å²) in [6, 6.07) is 7.99. The lowest BCUT2D eigenvalue weighted by molar-refractivity contribution is -0.139. The topological polar surface area (TPSA) is 12.5 Å². The summed E-state index contributed by atoms with van der Waals surface area (Å²) in [5.74, 6) is 1.27. The second-order valence-corrected chi connectivity index (χ2v) is 6.27. The van der Waals surface area contributed by atoms with E-state index in [2.05, 4.69) is 13.8 Å². The second kappa shape index (κ2) is 7.36. The molecule has 0 radical (unpaired) electrons. The van der Waals surface area contributed by atoms with Crippen molar-refractivity contribution >= 4 is 0 Å². The molecule has 1 unspecified atom stereocenters. The number of nitrogens with zero attached hydrogens (tertiary/aromatic N) is 1. The summed E-state index contributed by atoms with van der Waals surface area (Å²) in [4.78, 5) is 1.85. The van der Waals surface area contributed by atoms with E-state index in [0.29, 0.717) is 12.5 Å². The molecule has 1 aliphatic heterocycles. The fraction of sp³-hybridized carbons (Fsp3) is 0.647. The predicted molar refractivity (Wildman–Crippen MR) is 81.3 cm³/mol. The van der Waals surface area contributed by atoms with E-state index in [9.17, 15) is 13.2 Å². The van der Waals surface area contributed by atoms with E-state index in [1.165, 1.54) is 5.56 Å². The maximum atomic E-state index is 12.3. The highest BCUT2D eigenvalue weighted by atomic mass is 19.4. The van der Waals surface area contributed by atoms with Crippen LogP contribution in [0.1, 0.15) is 44.6 Å². The third-order valence-electron chi connectivity index (χ3n) is 4.02. The van der Waals surface area contributed by atoms with Crippen molar-refractivity contribution < 1.29 is 17.9 Å². The molecule has 1 heterocycles. The lowest BCUT2D eigenvalue weighted by Crippen LogP contribution is -2.42. The molecule has 22 heavy (non-hydrogen) atoms. The first-order valence-electron chi connectivity index (χ1n) is 7.89. The molecule has 0 aliphatic carbocycles. The van der Waals surface area contributed by atoms with Crippen molar-refractivity contribution in [2.24, 2.45) is 0 Å². The Labute approximate surface area is 130 Å². The van der Waals surface area contributed by atoms with Gasteiger partial charge in [-0.1, -0.05) is 26.0 Å². The molecule has 0 N–H and O–H groups in total. The van der Waals surface area contributed by atoms with Gasteiger partial charge in [0.2, 0.25) is 0 Å². The Balaban J connectivity index is 1.84. The van der Waals surface area contributed by atoms with E-state index >= 15 is 0 Å². The third-order valence-corrected chi connectivity index (χ3v) is 4.02. The first-order valence-corrected chi connectivity index (χ1v) is 7.89. The van der Waals surface area contributed by atoms with Gasteiger partial charge in [0.25, 0.3) is 0 Å². The van der Waals surface area contributed by atoms with Crippen molar-refractivity contribution in [2.45, 2.75) is 51.3 Å². The lowest BCUT2D eigenvalue weighted by atomic mass is 10.0. The third kappa shape index (κ3) is 5.52. The highest BCUT2D eigenvalue weighted by molar-refractivity contribution is 5.29. The minimum atomic E-state index is -4.08. The largest absolute Gasteiger partial charge is 0.489 e. The van der Waals surface area contributed by atoms with Crippen molar-refractivity contribution in [3.05, 3.63) is 29.8 Å². The number of piperidine rings is 1. The molecular weight excluding hydrogens is 291 g/mol. The normalized spacial score (nSPS) is 20.4. The molecule has 1 aromatic carbocycles. The van der Waals surface area contributed by atoms with Gasteiger partial charge in [-0.2, -0.15) is 13.2 Å². The van der Waals surface area contributed by atoms with Crippen molar-refractivity contribution in [3.8, 4) is 5.75 Å². The molecule has 0 aromatic heterocycles. The van der Waals surface area contributed by atoms with Gasteiger partial charge in [-0.25, -0.2) is 0 Å². The first-order chi connectivity index (χ1) is 10.3. The molecule has 1 aromatic rings. The van der Waals surface area contributed by atoms with Crippen LogP contribution in [0.3, 0.4) is 0 Å². The molecule has 0 saturated carbocycles. The lowest BCUT2D eigenvalue weighted by Gasteiger charge is -2.33. The summed E-state index contributed by atoms with van der Waals surface area (Å²) >= 11 is 0. The van der Waals surface area contributed by atoms with E-state index in [1.54, 1.807) is 0 Å². The molecule has 1 saturated heterocycles. The molecule has 0 amide bonds. The summed E-state index contributed by atoms with van der Waals surface area (Å²) in [5.41, 5.74) is 1.25. The van der Waals surface area contributed by atoms with Crippen LogP contribution in [-0.2, 0) is 0 Å². The highest BCUT2D eigenvalue weighted by Crippen LogP contribution is 2.24. The Hall–Kier alpha value is -1.23. The van der Waals surface area contributed by atoms with E-state index in [4.69, 9.17) is 4.74 Å². The van der Waals surface area contributed by atoms with Crippen LogP contribution in [0.2, 0.25) is 0 Å². The Bertz CT molecular complexity index is 456. The summed E-state index contributed by atoms with van der Waals surface area (Å²) in [7, 11) is 0. The molecule has 1 atom stereocenters. The maximum Gasteiger partial charge on any atom is 0.390 e. The van der Waals surface area contributed by atoms with Crippen molar-refractivity contribution in [3.63, 3.8) is 0 Å². The van der Waals surface area contributed by atoms with Gasteiger partial charge in [0.1, 0.15) is 11.9 Å². The average molecular weight is 315 g/mol. The minimum Gasteiger partial charge on any atom is -0.489 e. The predicted octanol–water partition coefficient (Wildman–Crippen LogP) is 4.61. The van der Waals surface area contributed by atoms with Crippen molar-refractivity contribution in [2.75, 3.05) is 19.6 Å². The monoisotopic (exact) mass is 315 g/mol. The molecule has 0 spiro atoms. The molecular formula is C17H24F3NO. The van der Waals surface area contributed by atoms with Crippen molar-refractivity contribution in [1.29, 1.82) is 0 Å².